The van der Waals surface area contributed by atoms with Gasteiger partial charge in [0.15, 0.2) is 5.75 Å². The molecule has 0 aliphatic rings. The zero-order valence-corrected chi connectivity index (χ0v) is 7.12. The normalized spacial score (nSPS) is 9.75. The Morgan fingerprint density at radius 3 is 2.67 bits per heavy atom. The molecule has 0 amide bonds. The van der Waals surface area contributed by atoms with Crippen LogP contribution in [0.15, 0.2) is 9.27 Å². The Bertz CT molecular complexity index is 386. The summed E-state index contributed by atoms with van der Waals surface area (Å²) in [5.41, 5.74) is -1.28. The van der Waals surface area contributed by atoms with E-state index in [1.165, 1.54) is 0 Å². The zero-order chi connectivity index (χ0) is 9.30. The van der Waals surface area contributed by atoms with Crippen molar-refractivity contribution in [3.8, 4) is 5.75 Å². The molecule has 1 heterocycles. The molecule has 0 saturated carbocycles. The first-order valence-corrected chi connectivity index (χ1v) is 3.53. The van der Waals surface area contributed by atoms with Gasteiger partial charge in [-0.3, -0.25) is 4.79 Å². The molecule has 1 aromatic rings. The summed E-state index contributed by atoms with van der Waals surface area (Å²) >= 11 is 2.70. The summed E-state index contributed by atoms with van der Waals surface area (Å²) in [4.78, 5) is 21.0. The third-order valence-corrected chi connectivity index (χ3v) is 1.84. The maximum atomic E-state index is 10.7. The van der Waals surface area contributed by atoms with Crippen molar-refractivity contribution in [2.45, 2.75) is 0 Å². The molecule has 0 spiro atoms. The fourth-order valence-electron chi connectivity index (χ4n) is 0.569. The summed E-state index contributed by atoms with van der Waals surface area (Å²) in [7, 11) is 0. The first-order valence-electron chi connectivity index (χ1n) is 2.74. The van der Waals surface area contributed by atoms with E-state index in [1.54, 1.807) is 0 Å². The molecule has 12 heavy (non-hydrogen) atoms. The number of carbonyl (C=O) groups is 1. The minimum atomic E-state index is -1.41. The molecule has 0 unspecified atom stereocenters. The molecular formula is C5H3BrN2O4. The van der Waals surface area contributed by atoms with Gasteiger partial charge in [-0.15, -0.1) is 0 Å². The predicted molar refractivity (Wildman–Crippen MR) is 41.2 cm³/mol. The Morgan fingerprint density at radius 1 is 1.58 bits per heavy atom. The number of hydrogen-bond acceptors (Lipinski definition) is 4. The summed E-state index contributed by atoms with van der Waals surface area (Å²) in [6.45, 7) is 0. The molecule has 3 N–H and O–H groups in total. The number of carboxylic acid groups (broad SMARTS) is 1. The van der Waals surface area contributed by atoms with Gasteiger partial charge < -0.3 is 10.2 Å². The molecule has 0 bridgehead atoms. The number of rotatable bonds is 1. The summed E-state index contributed by atoms with van der Waals surface area (Å²) in [6, 6.07) is 0. The van der Waals surface area contributed by atoms with E-state index in [0.29, 0.717) is 0 Å². The topological polar surface area (TPSA) is 103 Å². The van der Waals surface area contributed by atoms with Crippen molar-refractivity contribution in [2.75, 3.05) is 0 Å². The van der Waals surface area contributed by atoms with Gasteiger partial charge in [-0.1, -0.05) is 0 Å². The number of carboxylic acids is 1. The van der Waals surface area contributed by atoms with Crippen molar-refractivity contribution in [1.82, 2.24) is 10.2 Å². The molecule has 0 radical (unpaired) electrons. The molecule has 1 aromatic heterocycles. The fourth-order valence-corrected chi connectivity index (χ4v) is 0.846. The molecule has 0 aliphatic carbocycles. The maximum Gasteiger partial charge on any atom is 0.360 e. The fraction of sp³-hybridized carbons (Fsp3) is 0. The second-order valence-electron chi connectivity index (χ2n) is 1.87. The number of H-pyrrole nitrogens is 1. The van der Waals surface area contributed by atoms with Gasteiger partial charge >= 0.3 is 5.97 Å². The molecule has 0 aliphatic heterocycles. The summed E-state index contributed by atoms with van der Waals surface area (Å²) < 4.78 is -0.241. The highest BCUT2D eigenvalue weighted by molar-refractivity contribution is 9.10. The van der Waals surface area contributed by atoms with E-state index in [4.69, 9.17) is 10.2 Å². The van der Waals surface area contributed by atoms with Crippen LogP contribution < -0.4 is 5.56 Å². The molecular weight excluding hydrogens is 232 g/mol. The zero-order valence-electron chi connectivity index (χ0n) is 5.54. The van der Waals surface area contributed by atoms with Crippen LogP contribution in [-0.2, 0) is 0 Å². The van der Waals surface area contributed by atoms with Gasteiger partial charge in [0, 0.05) is 0 Å². The lowest BCUT2D eigenvalue weighted by molar-refractivity contribution is 0.0685. The van der Waals surface area contributed by atoms with E-state index in [9.17, 15) is 9.59 Å². The van der Waals surface area contributed by atoms with Crippen molar-refractivity contribution in [1.29, 1.82) is 0 Å². The lowest BCUT2D eigenvalue weighted by atomic mass is 10.3. The van der Waals surface area contributed by atoms with Crippen LogP contribution in [0.5, 0.6) is 5.75 Å². The number of halogens is 1. The van der Waals surface area contributed by atoms with Gasteiger partial charge in [0.1, 0.15) is 4.47 Å². The van der Waals surface area contributed by atoms with Crippen LogP contribution >= 0.6 is 15.9 Å². The standard InChI is InChI=1S/C5H3BrN2O4/c6-1-3(9)2(5(11)12)7-8-4(1)10/h(H,11,12)(H2,8,9,10). The second-order valence-corrected chi connectivity index (χ2v) is 2.66. The number of hydrogen-bond donors (Lipinski definition) is 3. The van der Waals surface area contributed by atoms with Crippen molar-refractivity contribution in [3.05, 3.63) is 20.5 Å². The molecule has 0 saturated heterocycles. The molecule has 0 fully saturated rings. The Balaban J connectivity index is 3.47. The van der Waals surface area contributed by atoms with Crippen LogP contribution in [0.1, 0.15) is 10.5 Å². The Hall–Kier alpha value is -1.37. The first kappa shape index (κ1) is 8.72. The third-order valence-electron chi connectivity index (χ3n) is 1.10. The van der Waals surface area contributed by atoms with Crippen LogP contribution in [0.3, 0.4) is 0 Å². The van der Waals surface area contributed by atoms with E-state index >= 15 is 0 Å². The Morgan fingerprint density at radius 2 is 2.17 bits per heavy atom. The van der Waals surface area contributed by atoms with Gasteiger partial charge in [0.2, 0.25) is 5.69 Å². The molecule has 1 rings (SSSR count). The van der Waals surface area contributed by atoms with Gasteiger partial charge in [-0.2, -0.15) is 5.10 Å². The van der Waals surface area contributed by atoms with Crippen LogP contribution in [0.4, 0.5) is 0 Å². The maximum absolute atomic E-state index is 10.7. The molecule has 64 valence electrons. The number of aromatic amines is 1. The highest BCUT2D eigenvalue weighted by atomic mass is 79.9. The van der Waals surface area contributed by atoms with Crippen LogP contribution in [0.2, 0.25) is 0 Å². The molecule has 0 atom stereocenters. The first-order chi connectivity index (χ1) is 5.54. The number of aromatic hydroxyl groups is 1. The smallest absolute Gasteiger partial charge is 0.360 e. The quantitative estimate of drug-likeness (QED) is 0.632. The van der Waals surface area contributed by atoms with Gasteiger partial charge in [0.05, 0.1) is 0 Å². The highest BCUT2D eigenvalue weighted by Gasteiger charge is 2.16. The van der Waals surface area contributed by atoms with Crippen molar-refractivity contribution >= 4 is 21.9 Å². The average Bonchev–Trinajstić information content (AvgIpc) is 2.00. The van der Waals surface area contributed by atoms with E-state index in [1.807, 2.05) is 5.10 Å². The molecule has 7 heteroatoms. The van der Waals surface area contributed by atoms with Crippen molar-refractivity contribution in [2.24, 2.45) is 0 Å². The largest absolute Gasteiger partial charge is 0.504 e. The highest BCUT2D eigenvalue weighted by Crippen LogP contribution is 2.20. The van der Waals surface area contributed by atoms with Crippen LogP contribution in [0, 0.1) is 0 Å². The minimum absolute atomic E-state index is 0.241. The monoisotopic (exact) mass is 234 g/mol. The van der Waals surface area contributed by atoms with Crippen LogP contribution in [0.25, 0.3) is 0 Å². The summed E-state index contributed by atoms with van der Waals surface area (Å²) in [5, 5.41) is 22.5. The van der Waals surface area contributed by atoms with E-state index in [0.717, 1.165) is 0 Å². The summed E-state index contributed by atoms with van der Waals surface area (Å²) in [6.07, 6.45) is 0. The van der Waals surface area contributed by atoms with E-state index < -0.39 is 23.0 Å². The summed E-state index contributed by atoms with van der Waals surface area (Å²) in [5.74, 6) is -2.09. The van der Waals surface area contributed by atoms with Gasteiger partial charge in [-0.05, 0) is 15.9 Å². The SMILES string of the molecule is O=C(O)c1n[nH]c(=O)c(Br)c1O. The van der Waals surface area contributed by atoms with E-state index in [-0.39, 0.29) is 4.47 Å². The van der Waals surface area contributed by atoms with Gasteiger partial charge in [0.25, 0.3) is 5.56 Å². The van der Waals surface area contributed by atoms with Crippen LogP contribution in [-0.4, -0.2) is 26.4 Å². The third kappa shape index (κ3) is 1.30. The Labute approximate surface area is 74.0 Å². The lowest BCUT2D eigenvalue weighted by Crippen LogP contribution is -2.13. The van der Waals surface area contributed by atoms with Crippen molar-refractivity contribution in [3.63, 3.8) is 0 Å². The predicted octanol–water partition coefficient (Wildman–Crippen LogP) is -0.0638. The molecule has 0 aromatic carbocycles. The molecule has 6 nitrogen and oxygen atoms in total. The van der Waals surface area contributed by atoms with E-state index in [2.05, 4.69) is 21.0 Å². The number of aromatic nitrogens is 2. The number of aromatic carboxylic acids is 1. The van der Waals surface area contributed by atoms with Crippen molar-refractivity contribution < 1.29 is 15.0 Å². The Kier molecular flexibility index (Phi) is 2.13. The minimum Gasteiger partial charge on any atom is -0.504 e. The second kappa shape index (κ2) is 2.94. The van der Waals surface area contributed by atoms with Gasteiger partial charge in [-0.25, -0.2) is 9.89 Å². The lowest BCUT2D eigenvalue weighted by Gasteiger charge is -1.97. The average molecular weight is 235 g/mol. The number of nitrogens with zero attached hydrogens (tertiary/aromatic N) is 1. The number of nitrogens with one attached hydrogen (secondary N) is 1.